The Hall–Kier alpha value is -0.980. The van der Waals surface area contributed by atoms with Crippen LogP contribution in [0.1, 0.15) is 23.4 Å². The van der Waals surface area contributed by atoms with E-state index in [1.807, 2.05) is 0 Å². The van der Waals surface area contributed by atoms with Gasteiger partial charge in [-0.25, -0.2) is 4.98 Å². The monoisotopic (exact) mass is 255 g/mol. The molecule has 1 heterocycles. The number of methoxy groups -OCH3 is 1. The quantitative estimate of drug-likeness (QED) is 0.839. The first-order valence-electron chi connectivity index (χ1n) is 5.74. The molecular weight excluding hydrogens is 238 g/mol. The molecule has 0 saturated carbocycles. The van der Waals surface area contributed by atoms with E-state index in [2.05, 4.69) is 10.3 Å². The van der Waals surface area contributed by atoms with Gasteiger partial charge in [-0.3, -0.25) is 4.79 Å². The molecule has 2 rings (SSSR count). The topological polar surface area (TPSA) is 77.2 Å². The number of nitrogens with zero attached hydrogens (tertiary/aromatic N) is 1. The molecule has 0 radical (unpaired) electrons. The van der Waals surface area contributed by atoms with Crippen molar-refractivity contribution >= 4 is 22.4 Å². The zero-order valence-electron chi connectivity index (χ0n) is 9.86. The van der Waals surface area contributed by atoms with Crippen LogP contribution in [0.5, 0.6) is 0 Å². The first kappa shape index (κ1) is 12.5. The molecule has 3 N–H and O–H groups in total. The number of ether oxygens (including phenoxy) is 1. The van der Waals surface area contributed by atoms with Crippen molar-refractivity contribution < 1.29 is 9.53 Å². The van der Waals surface area contributed by atoms with Gasteiger partial charge in [-0.05, 0) is 25.7 Å². The second kappa shape index (κ2) is 5.57. The summed E-state index contributed by atoms with van der Waals surface area (Å²) in [6, 6.07) is -0.638. The first-order valence-corrected chi connectivity index (χ1v) is 6.56. The number of fused-ring (bicyclic) bond motifs is 1. The molecule has 1 aliphatic carbocycles. The summed E-state index contributed by atoms with van der Waals surface area (Å²) in [6.07, 6.45) is 4.50. The largest absolute Gasteiger partial charge is 0.383 e. The van der Waals surface area contributed by atoms with Crippen LogP contribution in [0.15, 0.2) is 0 Å². The second-order valence-electron chi connectivity index (χ2n) is 4.15. The number of aromatic nitrogens is 1. The van der Waals surface area contributed by atoms with Gasteiger partial charge in [-0.15, -0.1) is 11.3 Å². The molecule has 1 aromatic rings. The third-order valence-corrected chi connectivity index (χ3v) is 3.83. The van der Waals surface area contributed by atoms with Crippen LogP contribution in [-0.2, 0) is 22.4 Å². The highest BCUT2D eigenvalue weighted by molar-refractivity contribution is 7.15. The highest BCUT2D eigenvalue weighted by atomic mass is 32.1. The average Bonchev–Trinajstić information content (AvgIpc) is 2.71. The van der Waals surface area contributed by atoms with Crippen molar-refractivity contribution in [1.29, 1.82) is 0 Å². The number of anilines is 1. The number of nitrogens with two attached hydrogens (primary N) is 1. The SMILES string of the molecule is COCC(N)C(=O)Nc1nc2c(s1)CCCC2. The third kappa shape index (κ3) is 3.02. The van der Waals surface area contributed by atoms with Crippen LogP contribution in [0.4, 0.5) is 5.13 Å². The number of aryl methyl sites for hydroxylation is 2. The van der Waals surface area contributed by atoms with Crippen LogP contribution in [0.3, 0.4) is 0 Å². The molecule has 0 fully saturated rings. The van der Waals surface area contributed by atoms with Gasteiger partial charge in [-0.1, -0.05) is 0 Å². The first-order chi connectivity index (χ1) is 8.20. The fourth-order valence-electron chi connectivity index (χ4n) is 1.86. The number of carbonyl (C=O) groups is 1. The van der Waals surface area contributed by atoms with Gasteiger partial charge in [0.25, 0.3) is 0 Å². The number of thiazole rings is 1. The summed E-state index contributed by atoms with van der Waals surface area (Å²) in [6.45, 7) is 0.219. The molecule has 5 nitrogen and oxygen atoms in total. The highest BCUT2D eigenvalue weighted by Gasteiger charge is 2.18. The zero-order chi connectivity index (χ0) is 12.3. The smallest absolute Gasteiger partial charge is 0.245 e. The summed E-state index contributed by atoms with van der Waals surface area (Å²) in [5.74, 6) is -0.238. The van der Waals surface area contributed by atoms with Crippen molar-refractivity contribution in [1.82, 2.24) is 4.98 Å². The number of nitrogens with one attached hydrogen (secondary N) is 1. The van der Waals surface area contributed by atoms with Crippen molar-refractivity contribution in [3.8, 4) is 0 Å². The number of rotatable bonds is 4. The van der Waals surface area contributed by atoms with Gasteiger partial charge in [0.2, 0.25) is 5.91 Å². The molecular formula is C11H17N3O2S. The van der Waals surface area contributed by atoms with E-state index in [-0.39, 0.29) is 12.5 Å². The van der Waals surface area contributed by atoms with Gasteiger partial charge < -0.3 is 15.8 Å². The molecule has 1 amide bonds. The Morgan fingerprint density at radius 3 is 3.06 bits per heavy atom. The standard InChI is InChI=1S/C11H17N3O2S/c1-16-6-7(12)10(15)14-11-13-8-4-2-3-5-9(8)17-11/h7H,2-6,12H2,1H3,(H,13,14,15). The maximum absolute atomic E-state index is 11.7. The van der Waals surface area contributed by atoms with Crippen LogP contribution in [0, 0.1) is 0 Å². The minimum atomic E-state index is -0.638. The summed E-state index contributed by atoms with van der Waals surface area (Å²) in [7, 11) is 1.52. The fourth-order valence-corrected chi connectivity index (χ4v) is 2.91. The zero-order valence-corrected chi connectivity index (χ0v) is 10.7. The lowest BCUT2D eigenvalue weighted by molar-refractivity contribution is -0.118. The van der Waals surface area contributed by atoms with E-state index in [0.29, 0.717) is 5.13 Å². The van der Waals surface area contributed by atoms with Gasteiger partial charge in [0.1, 0.15) is 6.04 Å². The summed E-state index contributed by atoms with van der Waals surface area (Å²) in [4.78, 5) is 17.4. The van der Waals surface area contributed by atoms with Crippen LogP contribution >= 0.6 is 11.3 Å². The van der Waals surface area contributed by atoms with Crippen molar-refractivity contribution in [2.75, 3.05) is 19.0 Å². The summed E-state index contributed by atoms with van der Waals surface area (Å²) in [5.41, 5.74) is 6.77. The number of hydrogen-bond acceptors (Lipinski definition) is 5. The van der Waals surface area contributed by atoms with E-state index < -0.39 is 6.04 Å². The molecule has 0 spiro atoms. The predicted molar refractivity (Wildman–Crippen MR) is 67.2 cm³/mol. The number of amides is 1. The molecule has 1 aromatic heterocycles. The van der Waals surface area contributed by atoms with Gasteiger partial charge in [0.05, 0.1) is 12.3 Å². The molecule has 0 aliphatic heterocycles. The molecule has 1 atom stereocenters. The molecule has 0 saturated heterocycles. The van der Waals surface area contributed by atoms with E-state index in [4.69, 9.17) is 10.5 Å². The van der Waals surface area contributed by atoms with E-state index >= 15 is 0 Å². The van der Waals surface area contributed by atoms with E-state index in [1.54, 1.807) is 11.3 Å². The van der Waals surface area contributed by atoms with Crippen LogP contribution < -0.4 is 11.1 Å². The highest BCUT2D eigenvalue weighted by Crippen LogP contribution is 2.29. The average molecular weight is 255 g/mol. The molecule has 1 aliphatic rings. The Bertz CT molecular complexity index is 382. The Morgan fingerprint density at radius 2 is 2.35 bits per heavy atom. The van der Waals surface area contributed by atoms with Gasteiger partial charge in [0, 0.05) is 12.0 Å². The van der Waals surface area contributed by atoms with Crippen LogP contribution in [0.2, 0.25) is 0 Å². The lowest BCUT2D eigenvalue weighted by Crippen LogP contribution is -2.39. The lowest BCUT2D eigenvalue weighted by Gasteiger charge is -2.08. The van der Waals surface area contributed by atoms with Crippen LogP contribution in [0.25, 0.3) is 0 Å². The molecule has 1 unspecified atom stereocenters. The summed E-state index contributed by atoms with van der Waals surface area (Å²) in [5, 5.41) is 3.41. The maximum atomic E-state index is 11.7. The number of carbonyl (C=O) groups excluding carboxylic acids is 1. The van der Waals surface area contributed by atoms with E-state index in [1.165, 1.54) is 24.8 Å². The van der Waals surface area contributed by atoms with Gasteiger partial charge >= 0.3 is 0 Å². The van der Waals surface area contributed by atoms with Crippen molar-refractivity contribution in [3.63, 3.8) is 0 Å². The second-order valence-corrected chi connectivity index (χ2v) is 5.23. The lowest BCUT2D eigenvalue weighted by atomic mass is 10.0. The fraction of sp³-hybridized carbons (Fsp3) is 0.636. The van der Waals surface area contributed by atoms with Crippen molar-refractivity contribution in [2.24, 2.45) is 5.73 Å². The normalized spacial score (nSPS) is 16.4. The Kier molecular flexibility index (Phi) is 4.09. The maximum Gasteiger partial charge on any atom is 0.245 e. The third-order valence-electron chi connectivity index (χ3n) is 2.76. The number of hydrogen-bond donors (Lipinski definition) is 2. The molecule has 6 heteroatoms. The Morgan fingerprint density at radius 1 is 1.59 bits per heavy atom. The van der Waals surface area contributed by atoms with E-state index in [0.717, 1.165) is 18.5 Å². The Balaban J connectivity index is 1.99. The molecule has 94 valence electrons. The predicted octanol–water partition coefficient (Wildman–Crippen LogP) is 0.934. The van der Waals surface area contributed by atoms with Gasteiger partial charge in [0.15, 0.2) is 5.13 Å². The van der Waals surface area contributed by atoms with Crippen molar-refractivity contribution in [2.45, 2.75) is 31.7 Å². The minimum Gasteiger partial charge on any atom is -0.383 e. The van der Waals surface area contributed by atoms with Gasteiger partial charge in [-0.2, -0.15) is 0 Å². The summed E-state index contributed by atoms with van der Waals surface area (Å²) >= 11 is 1.56. The van der Waals surface area contributed by atoms with Crippen molar-refractivity contribution in [3.05, 3.63) is 10.6 Å². The molecule has 17 heavy (non-hydrogen) atoms. The Labute approximate surface area is 104 Å². The minimum absolute atomic E-state index is 0.219. The molecule has 0 bridgehead atoms. The van der Waals surface area contributed by atoms with E-state index in [9.17, 15) is 4.79 Å². The molecule has 0 aromatic carbocycles. The van der Waals surface area contributed by atoms with Crippen LogP contribution in [-0.4, -0.2) is 30.6 Å². The summed E-state index contributed by atoms with van der Waals surface area (Å²) < 4.78 is 4.84.